The molecule has 222 valence electrons. The number of aromatic nitrogens is 1. The Morgan fingerprint density at radius 1 is 0.396 bits per heavy atom. The zero-order valence-electron chi connectivity index (χ0n) is 25.7. The van der Waals surface area contributed by atoms with Crippen LogP contribution in [0.2, 0.25) is 0 Å². The van der Waals surface area contributed by atoms with Gasteiger partial charge in [0.2, 0.25) is 0 Å². The van der Waals surface area contributed by atoms with Crippen LogP contribution in [0.3, 0.4) is 0 Å². The maximum Gasteiger partial charge on any atom is 0.135 e. The van der Waals surface area contributed by atoms with Crippen LogP contribution in [0.25, 0.3) is 82.8 Å². The summed E-state index contributed by atoms with van der Waals surface area (Å²) in [6.07, 6.45) is 0. The Balaban J connectivity index is 1.30. The van der Waals surface area contributed by atoms with Gasteiger partial charge in [-0.1, -0.05) is 72.8 Å². The minimum atomic E-state index is 0.639. The van der Waals surface area contributed by atoms with Crippen LogP contribution in [-0.4, -0.2) is 4.57 Å². The summed E-state index contributed by atoms with van der Waals surface area (Å²) in [6.45, 7) is 0. The highest BCUT2D eigenvalue weighted by Crippen LogP contribution is 2.39. The molecule has 0 aliphatic rings. The molecular weight excluding hydrogens is 587 g/mol. The first kappa shape index (κ1) is 27.4. The van der Waals surface area contributed by atoms with E-state index in [0.717, 1.165) is 82.8 Å². The van der Waals surface area contributed by atoms with Gasteiger partial charge in [-0.05, 0) is 112 Å². The van der Waals surface area contributed by atoms with Crippen LogP contribution in [0.15, 0.2) is 156 Å². The van der Waals surface area contributed by atoms with E-state index in [9.17, 15) is 10.5 Å². The zero-order chi connectivity index (χ0) is 32.2. The molecule has 48 heavy (non-hydrogen) atoms. The number of nitrogens with zero attached hydrogens (tertiary/aromatic N) is 3. The first-order chi connectivity index (χ1) is 23.7. The van der Waals surface area contributed by atoms with E-state index in [0.29, 0.717) is 11.1 Å². The molecule has 0 aliphatic carbocycles. The van der Waals surface area contributed by atoms with Gasteiger partial charge in [-0.2, -0.15) is 10.5 Å². The van der Waals surface area contributed by atoms with Crippen molar-refractivity contribution in [1.29, 1.82) is 10.5 Å². The van der Waals surface area contributed by atoms with Gasteiger partial charge >= 0.3 is 0 Å². The molecule has 2 heterocycles. The molecule has 0 radical (unpaired) electrons. The maximum absolute atomic E-state index is 9.70. The van der Waals surface area contributed by atoms with Gasteiger partial charge in [0.1, 0.15) is 11.2 Å². The predicted molar refractivity (Wildman–Crippen MR) is 194 cm³/mol. The van der Waals surface area contributed by atoms with Gasteiger partial charge in [0.25, 0.3) is 0 Å². The second-order valence-electron chi connectivity index (χ2n) is 12.0. The highest BCUT2D eigenvalue weighted by molar-refractivity contribution is 6.10. The molecule has 0 amide bonds. The van der Waals surface area contributed by atoms with Gasteiger partial charge in [-0.15, -0.1) is 0 Å². The van der Waals surface area contributed by atoms with Gasteiger partial charge in [0, 0.05) is 27.2 Å². The van der Waals surface area contributed by atoms with Crippen molar-refractivity contribution in [3.63, 3.8) is 0 Å². The number of hydrogen-bond acceptors (Lipinski definition) is 3. The number of fused-ring (bicyclic) bond motifs is 6. The smallest absolute Gasteiger partial charge is 0.135 e. The van der Waals surface area contributed by atoms with E-state index < -0.39 is 0 Å². The minimum Gasteiger partial charge on any atom is -0.456 e. The molecule has 0 fully saturated rings. The number of benzene rings is 7. The molecule has 4 nitrogen and oxygen atoms in total. The van der Waals surface area contributed by atoms with Crippen molar-refractivity contribution in [2.75, 3.05) is 0 Å². The van der Waals surface area contributed by atoms with Gasteiger partial charge in [0.15, 0.2) is 0 Å². The van der Waals surface area contributed by atoms with E-state index in [1.165, 1.54) is 0 Å². The molecule has 0 saturated heterocycles. The van der Waals surface area contributed by atoms with Crippen LogP contribution in [0, 0.1) is 22.7 Å². The van der Waals surface area contributed by atoms with Gasteiger partial charge < -0.3 is 8.98 Å². The summed E-state index contributed by atoms with van der Waals surface area (Å²) in [7, 11) is 0. The Morgan fingerprint density at radius 2 is 1.00 bits per heavy atom. The third-order valence-corrected chi connectivity index (χ3v) is 9.23. The lowest BCUT2D eigenvalue weighted by atomic mass is 9.94. The summed E-state index contributed by atoms with van der Waals surface area (Å²) in [4.78, 5) is 0. The number of nitriles is 2. The summed E-state index contributed by atoms with van der Waals surface area (Å²) in [5.41, 5.74) is 12.6. The Kier molecular flexibility index (Phi) is 6.22. The predicted octanol–water partition coefficient (Wildman–Crippen LogP) is 11.4. The first-order valence-electron chi connectivity index (χ1n) is 15.8. The van der Waals surface area contributed by atoms with Crippen molar-refractivity contribution in [3.05, 3.63) is 163 Å². The lowest BCUT2D eigenvalue weighted by molar-refractivity contribution is 0.669. The van der Waals surface area contributed by atoms with Crippen LogP contribution in [0.4, 0.5) is 0 Å². The maximum atomic E-state index is 9.70. The molecule has 2 aromatic heterocycles. The molecule has 0 aliphatic heterocycles. The van der Waals surface area contributed by atoms with E-state index in [-0.39, 0.29) is 0 Å². The highest BCUT2D eigenvalue weighted by Gasteiger charge is 2.16. The summed E-state index contributed by atoms with van der Waals surface area (Å²) in [5.74, 6) is 0. The van der Waals surface area contributed by atoms with E-state index in [1.807, 2.05) is 60.7 Å². The molecule has 0 unspecified atom stereocenters. The quantitative estimate of drug-likeness (QED) is 0.199. The minimum absolute atomic E-state index is 0.639. The number of para-hydroxylation sites is 2. The van der Waals surface area contributed by atoms with Crippen molar-refractivity contribution < 1.29 is 4.42 Å². The second kappa shape index (κ2) is 10.9. The number of furan rings is 1. The standard InChI is InChI=1S/C44H25N3O/c45-26-28-12-15-30(16-13-28)31-6-5-7-32(21-31)34-22-35(33-17-19-44-40(25-33)38-9-2-4-11-43(38)48-44)24-36(23-34)47-41-10-3-1-8-37(41)39-20-29(27-46)14-18-42(39)47/h1-25H. The van der Waals surface area contributed by atoms with E-state index in [1.54, 1.807) is 0 Å². The molecule has 0 spiro atoms. The van der Waals surface area contributed by atoms with Gasteiger partial charge in [-0.3, -0.25) is 0 Å². The largest absolute Gasteiger partial charge is 0.456 e. The van der Waals surface area contributed by atoms with Crippen LogP contribution >= 0.6 is 0 Å². The second-order valence-corrected chi connectivity index (χ2v) is 12.0. The van der Waals surface area contributed by atoms with Gasteiger partial charge in [-0.25, -0.2) is 0 Å². The number of hydrogen-bond donors (Lipinski definition) is 0. The molecule has 7 aromatic carbocycles. The van der Waals surface area contributed by atoms with Crippen LogP contribution in [0.5, 0.6) is 0 Å². The lowest BCUT2D eigenvalue weighted by Gasteiger charge is -2.15. The zero-order valence-corrected chi connectivity index (χ0v) is 25.7. The van der Waals surface area contributed by atoms with Crippen molar-refractivity contribution in [3.8, 4) is 51.2 Å². The number of rotatable bonds is 4. The molecule has 0 N–H and O–H groups in total. The molecule has 0 saturated carbocycles. The van der Waals surface area contributed by atoms with E-state index in [2.05, 4.69) is 108 Å². The lowest BCUT2D eigenvalue weighted by Crippen LogP contribution is -1.96. The Morgan fingerprint density at radius 3 is 1.79 bits per heavy atom. The molecule has 9 aromatic rings. The molecule has 4 heteroatoms. The molecule has 0 atom stereocenters. The fourth-order valence-electron chi connectivity index (χ4n) is 6.92. The molecule has 0 bridgehead atoms. The summed E-state index contributed by atoms with van der Waals surface area (Å²) >= 11 is 0. The Bertz CT molecular complexity index is 2800. The van der Waals surface area contributed by atoms with E-state index >= 15 is 0 Å². The average Bonchev–Trinajstić information content (AvgIpc) is 3.69. The average molecular weight is 612 g/mol. The van der Waals surface area contributed by atoms with Crippen molar-refractivity contribution in [2.24, 2.45) is 0 Å². The SMILES string of the molecule is N#Cc1ccc(-c2cccc(-c3cc(-c4ccc5oc6ccccc6c5c4)cc(-n4c5ccccc5c5cc(C#N)ccc54)c3)c2)cc1. The van der Waals surface area contributed by atoms with Crippen LogP contribution in [-0.2, 0) is 0 Å². The van der Waals surface area contributed by atoms with E-state index in [4.69, 9.17) is 4.42 Å². The fourth-order valence-corrected chi connectivity index (χ4v) is 6.92. The third kappa shape index (κ3) is 4.44. The monoisotopic (exact) mass is 611 g/mol. The van der Waals surface area contributed by atoms with Crippen molar-refractivity contribution in [2.45, 2.75) is 0 Å². The fraction of sp³-hybridized carbons (Fsp3) is 0. The summed E-state index contributed by atoms with van der Waals surface area (Å²) in [6, 6.07) is 56.4. The molecule has 9 rings (SSSR count). The van der Waals surface area contributed by atoms with Crippen LogP contribution < -0.4 is 0 Å². The van der Waals surface area contributed by atoms with Gasteiger partial charge in [0.05, 0.1) is 34.3 Å². The topological polar surface area (TPSA) is 65.7 Å². The third-order valence-electron chi connectivity index (χ3n) is 9.23. The summed E-state index contributed by atoms with van der Waals surface area (Å²) < 4.78 is 8.46. The van der Waals surface area contributed by atoms with Crippen LogP contribution in [0.1, 0.15) is 11.1 Å². The highest BCUT2D eigenvalue weighted by atomic mass is 16.3. The first-order valence-corrected chi connectivity index (χ1v) is 15.8. The Hall–Kier alpha value is -6.88. The van der Waals surface area contributed by atoms with Crippen molar-refractivity contribution >= 4 is 43.7 Å². The summed E-state index contributed by atoms with van der Waals surface area (Å²) in [5, 5.41) is 23.3. The Labute approximate surface area is 276 Å². The normalized spacial score (nSPS) is 11.3. The molecular formula is C44H25N3O. The van der Waals surface area contributed by atoms with Crippen molar-refractivity contribution in [1.82, 2.24) is 4.57 Å².